The van der Waals surface area contributed by atoms with Crippen molar-refractivity contribution in [3.8, 4) is 16.3 Å². The standard InChI is InChI=1S/C17H22N4OS2/c1-10-14(11(2)20-21-16(23)19-17(3,4)5)24-15(18-10)12-6-8-13(22)9-7-12/h6-9,22H,1-5H3,(H2,19,21,23)/b20-11+. The number of aromatic hydroxyl groups is 1. The molecule has 0 radical (unpaired) electrons. The summed E-state index contributed by atoms with van der Waals surface area (Å²) >= 11 is 6.80. The Labute approximate surface area is 151 Å². The maximum absolute atomic E-state index is 9.39. The molecule has 0 bridgehead atoms. The fourth-order valence-electron chi connectivity index (χ4n) is 2.01. The first-order valence-electron chi connectivity index (χ1n) is 7.55. The Balaban J connectivity index is 2.15. The van der Waals surface area contributed by atoms with E-state index in [4.69, 9.17) is 12.2 Å². The fourth-order valence-corrected chi connectivity index (χ4v) is 3.38. The van der Waals surface area contributed by atoms with Crippen LogP contribution in [-0.2, 0) is 0 Å². The summed E-state index contributed by atoms with van der Waals surface area (Å²) in [5.41, 5.74) is 5.48. The molecule has 0 amide bonds. The van der Waals surface area contributed by atoms with Gasteiger partial charge in [0.15, 0.2) is 5.11 Å². The topological polar surface area (TPSA) is 69.5 Å². The molecule has 0 saturated carbocycles. The summed E-state index contributed by atoms with van der Waals surface area (Å²) in [4.78, 5) is 5.60. The molecule has 0 aliphatic carbocycles. The first kappa shape index (κ1) is 18.4. The molecule has 24 heavy (non-hydrogen) atoms. The molecule has 1 aromatic carbocycles. The average Bonchev–Trinajstić information content (AvgIpc) is 2.86. The molecule has 3 N–H and O–H groups in total. The number of thiazole rings is 1. The lowest BCUT2D eigenvalue weighted by Crippen LogP contribution is -2.44. The van der Waals surface area contributed by atoms with Crippen molar-refractivity contribution in [2.45, 2.75) is 40.2 Å². The van der Waals surface area contributed by atoms with Gasteiger partial charge in [-0.25, -0.2) is 4.98 Å². The molecule has 2 rings (SSSR count). The highest BCUT2D eigenvalue weighted by Gasteiger charge is 2.13. The van der Waals surface area contributed by atoms with Gasteiger partial charge in [0.2, 0.25) is 0 Å². The van der Waals surface area contributed by atoms with Crippen LogP contribution in [0, 0.1) is 6.92 Å². The molecule has 1 heterocycles. The lowest BCUT2D eigenvalue weighted by molar-refractivity contribution is 0.475. The lowest BCUT2D eigenvalue weighted by Gasteiger charge is -2.21. The summed E-state index contributed by atoms with van der Waals surface area (Å²) in [7, 11) is 0. The number of rotatable bonds is 3. The summed E-state index contributed by atoms with van der Waals surface area (Å²) in [6.45, 7) is 9.99. The van der Waals surface area contributed by atoms with Crippen LogP contribution in [0.15, 0.2) is 29.4 Å². The van der Waals surface area contributed by atoms with E-state index in [1.807, 2.05) is 46.8 Å². The molecule has 128 valence electrons. The largest absolute Gasteiger partial charge is 0.508 e. The van der Waals surface area contributed by atoms with E-state index in [0.29, 0.717) is 5.11 Å². The van der Waals surface area contributed by atoms with Gasteiger partial charge in [0, 0.05) is 11.1 Å². The van der Waals surface area contributed by atoms with Gasteiger partial charge in [-0.1, -0.05) is 0 Å². The smallest absolute Gasteiger partial charge is 0.187 e. The summed E-state index contributed by atoms with van der Waals surface area (Å²) in [6.07, 6.45) is 0. The maximum Gasteiger partial charge on any atom is 0.187 e. The van der Waals surface area contributed by atoms with Crippen molar-refractivity contribution in [1.82, 2.24) is 15.7 Å². The van der Waals surface area contributed by atoms with Crippen LogP contribution in [-0.4, -0.2) is 26.5 Å². The average molecular weight is 363 g/mol. The first-order valence-corrected chi connectivity index (χ1v) is 8.78. The van der Waals surface area contributed by atoms with Crippen molar-refractivity contribution >= 4 is 34.4 Å². The molecule has 0 saturated heterocycles. The molecule has 0 aliphatic rings. The highest BCUT2D eigenvalue weighted by molar-refractivity contribution is 7.80. The van der Waals surface area contributed by atoms with E-state index in [1.165, 1.54) is 0 Å². The normalized spacial score (nSPS) is 12.1. The lowest BCUT2D eigenvalue weighted by atomic mass is 10.1. The van der Waals surface area contributed by atoms with Crippen molar-refractivity contribution in [1.29, 1.82) is 0 Å². The van der Waals surface area contributed by atoms with Gasteiger partial charge < -0.3 is 10.4 Å². The second-order valence-corrected chi connectivity index (χ2v) is 7.90. The Bertz CT molecular complexity index is 758. The van der Waals surface area contributed by atoms with Gasteiger partial charge in [0.1, 0.15) is 10.8 Å². The van der Waals surface area contributed by atoms with E-state index in [2.05, 4.69) is 20.8 Å². The molecule has 5 nitrogen and oxygen atoms in total. The SMILES string of the molecule is C/C(=N\NC(=S)NC(C)(C)C)c1sc(-c2ccc(O)cc2)nc1C. The van der Waals surface area contributed by atoms with E-state index in [1.54, 1.807) is 23.5 Å². The Morgan fingerprint density at radius 2 is 1.88 bits per heavy atom. The number of phenolic OH excluding ortho intramolecular Hbond substituents is 1. The van der Waals surface area contributed by atoms with Crippen LogP contribution in [0.1, 0.15) is 38.3 Å². The molecule has 7 heteroatoms. The van der Waals surface area contributed by atoms with E-state index in [-0.39, 0.29) is 11.3 Å². The van der Waals surface area contributed by atoms with Crippen molar-refractivity contribution < 1.29 is 5.11 Å². The minimum atomic E-state index is -0.111. The van der Waals surface area contributed by atoms with Gasteiger partial charge >= 0.3 is 0 Å². The van der Waals surface area contributed by atoms with Gasteiger partial charge in [-0.3, -0.25) is 5.43 Å². The molecule has 1 aromatic heterocycles. The van der Waals surface area contributed by atoms with Gasteiger partial charge in [-0.2, -0.15) is 5.10 Å². The van der Waals surface area contributed by atoms with Gasteiger partial charge in [-0.15, -0.1) is 11.3 Å². The van der Waals surface area contributed by atoms with Gasteiger partial charge in [0.25, 0.3) is 0 Å². The van der Waals surface area contributed by atoms with Crippen molar-refractivity contribution in [3.05, 3.63) is 34.8 Å². The number of nitrogens with one attached hydrogen (secondary N) is 2. The van der Waals surface area contributed by atoms with Crippen LogP contribution in [0.3, 0.4) is 0 Å². The minimum absolute atomic E-state index is 0.111. The molecule has 0 spiro atoms. The second kappa shape index (κ2) is 7.27. The number of thiocarbonyl (C=S) groups is 1. The molecule has 0 aliphatic heterocycles. The highest BCUT2D eigenvalue weighted by Crippen LogP contribution is 2.29. The number of benzene rings is 1. The van der Waals surface area contributed by atoms with Crippen molar-refractivity contribution in [3.63, 3.8) is 0 Å². The monoisotopic (exact) mass is 362 g/mol. The third-order valence-electron chi connectivity index (χ3n) is 3.05. The molecule has 2 aromatic rings. The highest BCUT2D eigenvalue weighted by atomic mass is 32.1. The van der Waals surface area contributed by atoms with E-state index < -0.39 is 0 Å². The van der Waals surface area contributed by atoms with Crippen LogP contribution in [0.25, 0.3) is 10.6 Å². The zero-order valence-electron chi connectivity index (χ0n) is 14.5. The molecular weight excluding hydrogens is 340 g/mol. The number of hydrogen-bond donors (Lipinski definition) is 3. The van der Waals surface area contributed by atoms with Crippen molar-refractivity contribution in [2.24, 2.45) is 5.10 Å². The molecule has 0 atom stereocenters. The van der Waals surface area contributed by atoms with Gasteiger partial charge in [0.05, 0.1) is 16.3 Å². The zero-order valence-corrected chi connectivity index (χ0v) is 16.1. The minimum Gasteiger partial charge on any atom is -0.508 e. The fraction of sp³-hybridized carbons (Fsp3) is 0.353. The second-order valence-electron chi connectivity index (χ2n) is 6.49. The van der Waals surface area contributed by atoms with Gasteiger partial charge in [-0.05, 0) is 71.1 Å². The third kappa shape index (κ3) is 5.01. The Morgan fingerprint density at radius 3 is 2.46 bits per heavy atom. The number of hydrazone groups is 1. The van der Waals surface area contributed by atoms with Crippen molar-refractivity contribution in [2.75, 3.05) is 0 Å². The number of aryl methyl sites for hydroxylation is 1. The summed E-state index contributed by atoms with van der Waals surface area (Å²) in [5, 5.41) is 18.3. The summed E-state index contributed by atoms with van der Waals surface area (Å²) < 4.78 is 0. The number of nitrogens with zero attached hydrogens (tertiary/aromatic N) is 2. The quantitative estimate of drug-likeness (QED) is 0.440. The zero-order chi connectivity index (χ0) is 17.9. The molecular formula is C17H22N4OS2. The number of hydrogen-bond acceptors (Lipinski definition) is 5. The molecule has 0 fully saturated rings. The summed E-state index contributed by atoms with van der Waals surface area (Å²) in [5.74, 6) is 0.244. The maximum atomic E-state index is 9.39. The van der Waals surface area contributed by atoms with E-state index in [9.17, 15) is 5.11 Å². The molecule has 0 unspecified atom stereocenters. The van der Waals surface area contributed by atoms with E-state index in [0.717, 1.165) is 26.9 Å². The third-order valence-corrected chi connectivity index (χ3v) is 4.56. The van der Waals surface area contributed by atoms with Crippen LogP contribution < -0.4 is 10.7 Å². The Morgan fingerprint density at radius 1 is 1.25 bits per heavy atom. The Kier molecular flexibility index (Phi) is 5.56. The summed E-state index contributed by atoms with van der Waals surface area (Å²) in [6, 6.07) is 7.02. The Hall–Kier alpha value is -1.99. The van der Waals surface area contributed by atoms with Crippen LogP contribution in [0.4, 0.5) is 0 Å². The predicted molar refractivity (Wildman–Crippen MR) is 105 cm³/mol. The van der Waals surface area contributed by atoms with Crippen LogP contribution in [0.2, 0.25) is 0 Å². The van der Waals surface area contributed by atoms with Crippen LogP contribution >= 0.6 is 23.6 Å². The van der Waals surface area contributed by atoms with Crippen LogP contribution in [0.5, 0.6) is 5.75 Å². The first-order chi connectivity index (χ1) is 11.2. The predicted octanol–water partition coefficient (Wildman–Crippen LogP) is 3.81. The van der Waals surface area contributed by atoms with E-state index >= 15 is 0 Å². The number of aromatic nitrogens is 1. The number of phenols is 1.